The van der Waals surface area contributed by atoms with Crippen molar-refractivity contribution in [3.05, 3.63) is 47.7 Å². The minimum Gasteiger partial charge on any atom is -0.242 e. The quantitative estimate of drug-likeness (QED) is 0.696. The minimum absolute atomic E-state index is 0.182. The van der Waals surface area contributed by atoms with Crippen molar-refractivity contribution in [1.29, 1.82) is 0 Å². The molecule has 2 aromatic rings. The molecule has 0 saturated carbocycles. The Bertz CT molecular complexity index is 517. The molecule has 0 atom stereocenters. The zero-order valence-electron chi connectivity index (χ0n) is 8.34. The molecule has 0 aliphatic carbocycles. The van der Waals surface area contributed by atoms with E-state index in [2.05, 4.69) is 9.97 Å². The van der Waals surface area contributed by atoms with Crippen LogP contribution in [0.5, 0.6) is 0 Å². The maximum Gasteiger partial charge on any atom is 0.194 e. The number of nitrogens with zero attached hydrogens (tertiary/aromatic N) is 2. The van der Waals surface area contributed by atoms with E-state index in [0.717, 1.165) is 12.1 Å². The molecule has 0 aliphatic heterocycles. The Morgan fingerprint density at radius 1 is 0.938 bits per heavy atom. The van der Waals surface area contributed by atoms with E-state index in [9.17, 15) is 13.2 Å². The summed E-state index contributed by atoms with van der Waals surface area (Å²) in [5, 5.41) is 0. The molecule has 2 nitrogen and oxygen atoms in total. The van der Waals surface area contributed by atoms with Crippen LogP contribution in [0.1, 0.15) is 5.69 Å². The summed E-state index contributed by atoms with van der Waals surface area (Å²) >= 11 is 0. The Kier molecular flexibility index (Phi) is 2.60. The Morgan fingerprint density at radius 2 is 1.56 bits per heavy atom. The molecule has 0 fully saturated rings. The highest BCUT2D eigenvalue weighted by Gasteiger charge is 2.12. The molecule has 5 heteroatoms. The van der Waals surface area contributed by atoms with Gasteiger partial charge in [0.1, 0.15) is 6.33 Å². The van der Waals surface area contributed by atoms with Crippen LogP contribution in [0.2, 0.25) is 0 Å². The summed E-state index contributed by atoms with van der Waals surface area (Å²) in [4.78, 5) is 7.71. The fourth-order valence-corrected chi connectivity index (χ4v) is 1.32. The Balaban J connectivity index is 2.57. The van der Waals surface area contributed by atoms with Crippen molar-refractivity contribution in [1.82, 2.24) is 9.97 Å². The van der Waals surface area contributed by atoms with Crippen LogP contribution in [0.3, 0.4) is 0 Å². The second kappa shape index (κ2) is 3.92. The van der Waals surface area contributed by atoms with Crippen molar-refractivity contribution in [2.45, 2.75) is 6.92 Å². The topological polar surface area (TPSA) is 25.8 Å². The van der Waals surface area contributed by atoms with Crippen molar-refractivity contribution in [2.75, 3.05) is 0 Å². The normalized spacial score (nSPS) is 10.5. The molecule has 2 rings (SSSR count). The molecule has 0 N–H and O–H groups in total. The van der Waals surface area contributed by atoms with Crippen molar-refractivity contribution < 1.29 is 13.2 Å². The zero-order chi connectivity index (χ0) is 11.7. The average Bonchev–Trinajstić information content (AvgIpc) is 2.25. The molecule has 0 aliphatic rings. The summed E-state index contributed by atoms with van der Waals surface area (Å²) in [6, 6.07) is 3.37. The van der Waals surface area contributed by atoms with Crippen LogP contribution in [0.25, 0.3) is 11.3 Å². The molecule has 1 aromatic carbocycles. The Morgan fingerprint density at radius 3 is 2.12 bits per heavy atom. The number of benzene rings is 1. The summed E-state index contributed by atoms with van der Waals surface area (Å²) in [7, 11) is 0. The van der Waals surface area contributed by atoms with Crippen LogP contribution in [-0.4, -0.2) is 9.97 Å². The van der Waals surface area contributed by atoms with Gasteiger partial charge < -0.3 is 0 Å². The van der Waals surface area contributed by atoms with E-state index < -0.39 is 17.5 Å². The van der Waals surface area contributed by atoms with Crippen LogP contribution < -0.4 is 0 Å². The second-order valence-corrected chi connectivity index (χ2v) is 3.30. The van der Waals surface area contributed by atoms with Crippen LogP contribution in [-0.2, 0) is 0 Å². The first-order valence-electron chi connectivity index (χ1n) is 4.51. The maximum atomic E-state index is 13.0. The molecule has 1 heterocycles. The monoisotopic (exact) mass is 224 g/mol. The van der Waals surface area contributed by atoms with E-state index in [0.29, 0.717) is 11.4 Å². The lowest BCUT2D eigenvalue weighted by Gasteiger charge is -2.03. The molecule has 82 valence electrons. The Labute approximate surface area is 89.8 Å². The summed E-state index contributed by atoms with van der Waals surface area (Å²) in [6.45, 7) is 1.72. The summed E-state index contributed by atoms with van der Waals surface area (Å²) in [6.07, 6.45) is 1.28. The fraction of sp³-hybridized carbons (Fsp3) is 0.0909. The molecule has 0 bridgehead atoms. The molecule has 0 spiro atoms. The van der Waals surface area contributed by atoms with E-state index in [1.165, 1.54) is 6.33 Å². The lowest BCUT2D eigenvalue weighted by atomic mass is 10.1. The van der Waals surface area contributed by atoms with Gasteiger partial charge in [-0.25, -0.2) is 23.1 Å². The highest BCUT2D eigenvalue weighted by molar-refractivity contribution is 5.59. The van der Waals surface area contributed by atoms with Gasteiger partial charge in [-0.1, -0.05) is 0 Å². The first-order chi connectivity index (χ1) is 7.58. The molecule has 0 amide bonds. The largest absolute Gasteiger partial charge is 0.242 e. The number of hydrogen-bond donors (Lipinski definition) is 0. The molecule has 1 aromatic heterocycles. The van der Waals surface area contributed by atoms with E-state index in [1.54, 1.807) is 13.0 Å². The molecule has 0 saturated heterocycles. The van der Waals surface area contributed by atoms with Crippen LogP contribution in [0.4, 0.5) is 13.2 Å². The molecule has 0 radical (unpaired) electrons. The van der Waals surface area contributed by atoms with Gasteiger partial charge in [-0.05, 0) is 25.1 Å². The number of hydrogen-bond acceptors (Lipinski definition) is 2. The lowest BCUT2D eigenvalue weighted by Crippen LogP contribution is -1.94. The second-order valence-electron chi connectivity index (χ2n) is 3.30. The SMILES string of the molecule is Cc1cc(-c2cc(F)c(F)c(F)c2)ncn1. The molecular weight excluding hydrogens is 217 g/mol. The van der Waals surface area contributed by atoms with Gasteiger partial charge in [-0.15, -0.1) is 0 Å². The third-order valence-corrected chi connectivity index (χ3v) is 2.08. The zero-order valence-corrected chi connectivity index (χ0v) is 8.34. The summed E-state index contributed by atoms with van der Waals surface area (Å²) in [5.41, 5.74) is 1.20. The maximum absolute atomic E-state index is 13.0. The number of aryl methyl sites for hydroxylation is 1. The number of halogens is 3. The first-order valence-corrected chi connectivity index (χ1v) is 4.51. The summed E-state index contributed by atoms with van der Waals surface area (Å²) < 4.78 is 38.7. The van der Waals surface area contributed by atoms with Gasteiger partial charge in [0.2, 0.25) is 0 Å². The highest BCUT2D eigenvalue weighted by Crippen LogP contribution is 2.21. The Hall–Kier alpha value is -1.91. The predicted molar refractivity (Wildman–Crippen MR) is 52.1 cm³/mol. The fourth-order valence-electron chi connectivity index (χ4n) is 1.32. The van der Waals surface area contributed by atoms with Crippen LogP contribution in [0.15, 0.2) is 24.5 Å². The van der Waals surface area contributed by atoms with Crippen molar-refractivity contribution in [3.63, 3.8) is 0 Å². The smallest absolute Gasteiger partial charge is 0.194 e. The van der Waals surface area contributed by atoms with Gasteiger partial charge in [-0.2, -0.15) is 0 Å². The molecule has 16 heavy (non-hydrogen) atoms. The average molecular weight is 224 g/mol. The molecular formula is C11H7F3N2. The number of rotatable bonds is 1. The highest BCUT2D eigenvalue weighted by atomic mass is 19.2. The van der Waals surface area contributed by atoms with Crippen LogP contribution in [0, 0.1) is 24.4 Å². The van der Waals surface area contributed by atoms with Gasteiger partial charge in [0.05, 0.1) is 5.69 Å². The molecule has 0 unspecified atom stereocenters. The van der Waals surface area contributed by atoms with E-state index in [1.807, 2.05) is 0 Å². The minimum atomic E-state index is -1.48. The van der Waals surface area contributed by atoms with Gasteiger partial charge in [0.25, 0.3) is 0 Å². The van der Waals surface area contributed by atoms with E-state index in [4.69, 9.17) is 0 Å². The van der Waals surface area contributed by atoms with Gasteiger partial charge in [0.15, 0.2) is 17.5 Å². The van der Waals surface area contributed by atoms with Crippen molar-refractivity contribution in [3.8, 4) is 11.3 Å². The van der Waals surface area contributed by atoms with E-state index in [-0.39, 0.29) is 5.56 Å². The van der Waals surface area contributed by atoms with Crippen LogP contribution >= 0.6 is 0 Å². The van der Waals surface area contributed by atoms with Crippen molar-refractivity contribution in [2.24, 2.45) is 0 Å². The third kappa shape index (κ3) is 1.88. The van der Waals surface area contributed by atoms with Crippen molar-refractivity contribution >= 4 is 0 Å². The third-order valence-electron chi connectivity index (χ3n) is 2.08. The van der Waals surface area contributed by atoms with Gasteiger partial charge >= 0.3 is 0 Å². The first kappa shape index (κ1) is 10.6. The summed E-state index contributed by atoms with van der Waals surface area (Å²) in [5.74, 6) is -3.94. The predicted octanol–water partition coefficient (Wildman–Crippen LogP) is 2.87. The number of aromatic nitrogens is 2. The lowest BCUT2D eigenvalue weighted by molar-refractivity contribution is 0.447. The standard InChI is InChI=1S/C11H7F3N2/c1-6-2-10(16-5-15-6)7-3-8(12)11(14)9(13)4-7/h2-5H,1H3. The van der Waals surface area contributed by atoms with E-state index >= 15 is 0 Å². The van der Waals surface area contributed by atoms with Gasteiger partial charge in [-0.3, -0.25) is 0 Å². The van der Waals surface area contributed by atoms with Gasteiger partial charge in [0, 0.05) is 11.3 Å².